The number of halogens is 4. The van der Waals surface area contributed by atoms with E-state index in [2.05, 4.69) is 19.8 Å². The Morgan fingerprint density at radius 3 is 2.83 bits per heavy atom. The van der Waals surface area contributed by atoms with Gasteiger partial charge < -0.3 is 0 Å². The van der Waals surface area contributed by atoms with Crippen LogP contribution in [0.2, 0.25) is 0 Å². The van der Waals surface area contributed by atoms with Crippen LogP contribution in [-0.4, -0.2) is 38.3 Å². The van der Waals surface area contributed by atoms with Crippen molar-refractivity contribution in [2.45, 2.75) is 11.1 Å². The smallest absolute Gasteiger partial charge is 0.285 e. The van der Waals surface area contributed by atoms with Gasteiger partial charge in [0.1, 0.15) is 11.0 Å². The maximum Gasteiger partial charge on any atom is 0.419 e. The number of rotatable bonds is 3. The fraction of sp³-hybridized carbons (Fsp3) is 0.154. The molecule has 1 aromatic heterocycles. The summed E-state index contributed by atoms with van der Waals surface area (Å²) in [6.07, 6.45) is 0.282. The number of allylic oxidation sites excluding steroid dienone is 2. The molecule has 3 heterocycles. The van der Waals surface area contributed by atoms with Crippen molar-refractivity contribution in [1.82, 2.24) is 14.7 Å². The van der Waals surface area contributed by atoms with E-state index < -0.39 is 22.7 Å². The molecule has 3 rings (SSSR count). The highest BCUT2D eigenvalue weighted by atomic mass is 35.5. The molecule has 1 unspecified atom stereocenters. The Bertz CT molecular complexity index is 804. The van der Waals surface area contributed by atoms with Crippen molar-refractivity contribution >= 4 is 34.0 Å². The molecule has 0 spiro atoms. The summed E-state index contributed by atoms with van der Waals surface area (Å²) in [4.78, 5) is 8.00. The Labute approximate surface area is 142 Å². The topological polar surface area (TPSA) is 70.0 Å². The first-order chi connectivity index (χ1) is 11.3. The Kier molecular flexibility index (Phi) is 4.41. The van der Waals surface area contributed by atoms with Gasteiger partial charge in [-0.1, -0.05) is 11.6 Å². The van der Waals surface area contributed by atoms with Crippen LogP contribution in [0.1, 0.15) is 0 Å². The molecule has 0 radical (unpaired) electrons. The molecule has 2 bridgehead atoms. The molecule has 1 aromatic rings. The second kappa shape index (κ2) is 6.36. The molecular weight excluding hydrogens is 367 g/mol. The summed E-state index contributed by atoms with van der Waals surface area (Å²) in [7, 11) is -1.69. The number of nitrogens with zero attached hydrogens (tertiary/aromatic N) is 4. The number of hydrogen-bond acceptors (Lipinski definition) is 5. The molecule has 0 saturated carbocycles. The number of fused-ring (bicyclic) bond motifs is 2. The highest BCUT2D eigenvalue weighted by molar-refractivity contribution is 7.83. The van der Waals surface area contributed by atoms with E-state index in [1.54, 1.807) is 12.1 Å². The minimum absolute atomic E-state index is 0.165. The molecule has 2 aliphatic heterocycles. The van der Waals surface area contributed by atoms with Gasteiger partial charge in [-0.2, -0.15) is 18.3 Å². The lowest BCUT2D eigenvalue weighted by Crippen LogP contribution is -2.34. The van der Waals surface area contributed by atoms with Gasteiger partial charge in [0.2, 0.25) is 0 Å². The van der Waals surface area contributed by atoms with E-state index in [1.807, 2.05) is 0 Å². The number of alkyl halides is 3. The molecule has 24 heavy (non-hydrogen) atoms. The van der Waals surface area contributed by atoms with Crippen molar-refractivity contribution in [3.05, 3.63) is 47.7 Å². The third-order valence-corrected chi connectivity index (χ3v) is 4.32. The molecule has 0 aliphatic carbocycles. The quantitative estimate of drug-likeness (QED) is 0.881. The molecule has 1 N–H and O–H groups in total. The molecule has 0 aromatic carbocycles. The molecule has 11 heteroatoms. The fourth-order valence-electron chi connectivity index (χ4n) is 1.99. The second-order valence-electron chi connectivity index (χ2n) is 4.68. The zero-order chi connectivity index (χ0) is 17.3. The normalized spacial score (nSPS) is 18.8. The Hall–Kier alpha value is -2.20. The van der Waals surface area contributed by atoms with Crippen molar-refractivity contribution in [1.29, 1.82) is 0 Å². The van der Waals surface area contributed by atoms with Gasteiger partial charge in [-0.05, 0) is 12.1 Å². The van der Waals surface area contributed by atoms with Crippen LogP contribution in [-0.2, 0) is 11.0 Å². The Morgan fingerprint density at radius 1 is 1.38 bits per heavy atom. The van der Waals surface area contributed by atoms with Crippen LogP contribution in [0.3, 0.4) is 0 Å². The molecule has 2 aliphatic rings. The standard InChI is InChI=1S/C13H9ClF3N5OS/c14-11-4-12(21-24(23)8-2-1-3-18-5-8)22-7-10(20-11)9(6-19-22)13(15,16)17/h1-6,21H,7H2. The molecule has 0 saturated heterocycles. The molecule has 126 valence electrons. The number of aromatic nitrogens is 1. The predicted molar refractivity (Wildman–Crippen MR) is 83.4 cm³/mol. The number of aliphatic imine (C=N–C) groups is 1. The zero-order valence-corrected chi connectivity index (χ0v) is 13.4. The molecule has 1 atom stereocenters. The molecular formula is C13H9ClF3N5OS. The number of hydrogen-bond donors (Lipinski definition) is 1. The third-order valence-electron chi connectivity index (χ3n) is 3.06. The lowest BCUT2D eigenvalue weighted by molar-refractivity contribution is -0.0870. The van der Waals surface area contributed by atoms with Crippen LogP contribution < -0.4 is 4.72 Å². The lowest BCUT2D eigenvalue weighted by Gasteiger charge is -2.25. The van der Waals surface area contributed by atoms with Gasteiger partial charge in [-0.15, -0.1) is 0 Å². The largest absolute Gasteiger partial charge is 0.419 e. The van der Waals surface area contributed by atoms with E-state index in [9.17, 15) is 17.4 Å². The minimum Gasteiger partial charge on any atom is -0.285 e. The van der Waals surface area contributed by atoms with Gasteiger partial charge in [-0.25, -0.2) is 14.2 Å². The first-order valence-electron chi connectivity index (χ1n) is 6.51. The summed E-state index contributed by atoms with van der Waals surface area (Å²) in [6.45, 7) is -0.245. The van der Waals surface area contributed by atoms with Crippen LogP contribution in [0.25, 0.3) is 0 Å². The summed E-state index contributed by atoms with van der Waals surface area (Å²) in [6, 6.07) is 3.20. The highest BCUT2D eigenvalue weighted by Crippen LogP contribution is 2.32. The van der Waals surface area contributed by atoms with E-state index in [0.717, 1.165) is 0 Å². The SMILES string of the molecule is O=S(NC1=CC(Cl)=NC2=C(C(F)(F)F)C=NN1C2)c1cccnc1. The van der Waals surface area contributed by atoms with Crippen LogP contribution in [0, 0.1) is 0 Å². The molecule has 6 nitrogen and oxygen atoms in total. The van der Waals surface area contributed by atoms with Crippen LogP contribution in [0.15, 0.2) is 62.7 Å². The number of nitrogens with one attached hydrogen (secondary N) is 1. The van der Waals surface area contributed by atoms with Crippen molar-refractivity contribution in [2.24, 2.45) is 10.1 Å². The van der Waals surface area contributed by atoms with Crippen molar-refractivity contribution < 1.29 is 17.4 Å². The van der Waals surface area contributed by atoms with E-state index in [0.29, 0.717) is 11.1 Å². The average molecular weight is 376 g/mol. The summed E-state index contributed by atoms with van der Waals surface area (Å²) < 4.78 is 53.8. The van der Waals surface area contributed by atoms with E-state index in [1.165, 1.54) is 23.5 Å². The Morgan fingerprint density at radius 2 is 2.17 bits per heavy atom. The predicted octanol–water partition coefficient (Wildman–Crippen LogP) is 2.30. The van der Waals surface area contributed by atoms with Gasteiger partial charge in [-0.3, -0.25) is 9.71 Å². The summed E-state index contributed by atoms with van der Waals surface area (Å²) in [5.41, 5.74) is -1.22. The fourth-order valence-corrected chi connectivity index (χ4v) is 3.03. The molecule has 0 fully saturated rings. The summed E-state index contributed by atoms with van der Waals surface area (Å²) in [5, 5.41) is 4.77. The van der Waals surface area contributed by atoms with Gasteiger partial charge in [0.15, 0.2) is 11.0 Å². The number of pyridine rings is 1. The van der Waals surface area contributed by atoms with Crippen LogP contribution in [0.5, 0.6) is 0 Å². The van der Waals surface area contributed by atoms with E-state index in [-0.39, 0.29) is 23.2 Å². The highest BCUT2D eigenvalue weighted by Gasteiger charge is 2.38. The van der Waals surface area contributed by atoms with Crippen molar-refractivity contribution in [3.8, 4) is 0 Å². The summed E-state index contributed by atoms with van der Waals surface area (Å²) >= 11 is 5.87. The van der Waals surface area contributed by atoms with Crippen LogP contribution in [0.4, 0.5) is 13.2 Å². The summed E-state index contributed by atoms with van der Waals surface area (Å²) in [5.74, 6) is 0.165. The van der Waals surface area contributed by atoms with Gasteiger partial charge in [0.25, 0.3) is 0 Å². The monoisotopic (exact) mass is 375 g/mol. The first-order valence-corrected chi connectivity index (χ1v) is 8.03. The van der Waals surface area contributed by atoms with Gasteiger partial charge in [0, 0.05) is 18.5 Å². The maximum atomic E-state index is 12.9. The van der Waals surface area contributed by atoms with Crippen molar-refractivity contribution in [2.75, 3.05) is 6.54 Å². The average Bonchev–Trinajstić information content (AvgIpc) is 2.63. The lowest BCUT2D eigenvalue weighted by atomic mass is 10.2. The third kappa shape index (κ3) is 3.49. The van der Waals surface area contributed by atoms with Gasteiger partial charge >= 0.3 is 6.18 Å². The van der Waals surface area contributed by atoms with E-state index in [4.69, 9.17) is 11.6 Å². The van der Waals surface area contributed by atoms with Crippen LogP contribution >= 0.6 is 11.6 Å². The Balaban J connectivity index is 1.87. The maximum absolute atomic E-state index is 12.9. The number of hydrazone groups is 1. The van der Waals surface area contributed by atoms with Gasteiger partial charge in [0.05, 0.1) is 28.9 Å². The van der Waals surface area contributed by atoms with Crippen molar-refractivity contribution in [3.63, 3.8) is 0 Å². The zero-order valence-electron chi connectivity index (χ0n) is 11.8. The minimum atomic E-state index is -4.58. The second-order valence-corrected chi connectivity index (χ2v) is 6.28. The van der Waals surface area contributed by atoms with E-state index >= 15 is 0 Å². The first kappa shape index (κ1) is 16.7. The molecule has 0 amide bonds.